The summed E-state index contributed by atoms with van der Waals surface area (Å²) in [5.74, 6) is 1.32. The van der Waals surface area contributed by atoms with Gasteiger partial charge >= 0.3 is 0 Å². The summed E-state index contributed by atoms with van der Waals surface area (Å²) >= 11 is 1.88. The Morgan fingerprint density at radius 1 is 1.25 bits per heavy atom. The molecule has 0 fully saturated rings. The van der Waals surface area contributed by atoms with Crippen LogP contribution in [0.4, 0.5) is 0 Å². The summed E-state index contributed by atoms with van der Waals surface area (Å²) in [6, 6.07) is 8.08. The Kier molecular flexibility index (Phi) is 5.99. The molecule has 0 radical (unpaired) electrons. The minimum Gasteiger partial charge on any atom is -0.361 e. The number of hydrogen-bond acceptors (Lipinski definition) is 2. The van der Waals surface area contributed by atoms with E-state index in [0.717, 1.165) is 29.4 Å². The van der Waals surface area contributed by atoms with E-state index >= 15 is 0 Å². The number of para-hydroxylation sites is 1. The van der Waals surface area contributed by atoms with Crippen molar-refractivity contribution < 1.29 is 4.79 Å². The number of rotatable bonds is 8. The molecule has 2 rings (SSSR count). The number of carbonyl (C=O) groups is 1. The Balaban J connectivity index is 1.74. The molecule has 0 aliphatic rings. The van der Waals surface area contributed by atoms with Gasteiger partial charge in [-0.05, 0) is 36.5 Å². The summed E-state index contributed by atoms with van der Waals surface area (Å²) in [6.07, 6.45) is 8.01. The molecule has 20 heavy (non-hydrogen) atoms. The number of aromatic nitrogens is 1. The van der Waals surface area contributed by atoms with Gasteiger partial charge in [0, 0.05) is 23.6 Å². The van der Waals surface area contributed by atoms with Crippen molar-refractivity contribution in [3.8, 4) is 0 Å². The van der Waals surface area contributed by atoms with Crippen LogP contribution in [0.15, 0.2) is 30.5 Å². The van der Waals surface area contributed by atoms with Gasteiger partial charge in [-0.15, -0.1) is 0 Å². The fourth-order valence-electron chi connectivity index (χ4n) is 2.29. The van der Waals surface area contributed by atoms with Crippen molar-refractivity contribution in [2.45, 2.75) is 25.7 Å². The molecule has 1 amide bonds. The zero-order chi connectivity index (χ0) is 14.2. The number of aromatic amines is 1. The highest BCUT2D eigenvalue weighted by Crippen LogP contribution is 2.17. The summed E-state index contributed by atoms with van der Waals surface area (Å²) in [4.78, 5) is 15.1. The van der Waals surface area contributed by atoms with E-state index in [-0.39, 0.29) is 5.91 Å². The molecular formula is C16H22N2OS. The van der Waals surface area contributed by atoms with E-state index in [9.17, 15) is 4.79 Å². The maximum absolute atomic E-state index is 11.9. The quantitative estimate of drug-likeness (QED) is 0.732. The molecule has 0 aliphatic heterocycles. The molecule has 1 aromatic carbocycles. The third-order valence-corrected chi connectivity index (χ3v) is 4.07. The Morgan fingerprint density at radius 2 is 2.10 bits per heavy atom. The van der Waals surface area contributed by atoms with E-state index in [1.807, 2.05) is 36.2 Å². The molecule has 0 atom stereocenters. The number of amides is 1. The summed E-state index contributed by atoms with van der Waals surface area (Å²) in [5.41, 5.74) is 2.16. The Labute approximate surface area is 124 Å². The smallest absolute Gasteiger partial charge is 0.224 e. The molecule has 108 valence electrons. The lowest BCUT2D eigenvalue weighted by Gasteiger charge is -2.04. The van der Waals surface area contributed by atoms with E-state index in [0.29, 0.717) is 6.42 Å². The summed E-state index contributed by atoms with van der Waals surface area (Å²) in [7, 11) is 0. The predicted molar refractivity (Wildman–Crippen MR) is 87.2 cm³/mol. The molecular weight excluding hydrogens is 268 g/mol. The average Bonchev–Trinajstić information content (AvgIpc) is 2.86. The highest BCUT2D eigenvalue weighted by molar-refractivity contribution is 7.98. The van der Waals surface area contributed by atoms with Crippen LogP contribution in [0, 0.1) is 0 Å². The standard InChI is InChI=1S/C16H22N2OS/c1-20-10-6-2-5-9-17-16(19)11-13-12-18-15-8-4-3-7-14(13)15/h3-4,7-8,12,18H,2,5-6,9-11H2,1H3,(H,17,19). The van der Waals surface area contributed by atoms with Crippen molar-refractivity contribution in [2.24, 2.45) is 0 Å². The van der Waals surface area contributed by atoms with Gasteiger partial charge in [0.15, 0.2) is 0 Å². The normalized spacial score (nSPS) is 10.8. The monoisotopic (exact) mass is 290 g/mol. The lowest BCUT2D eigenvalue weighted by Crippen LogP contribution is -2.26. The van der Waals surface area contributed by atoms with E-state index in [4.69, 9.17) is 0 Å². The average molecular weight is 290 g/mol. The largest absolute Gasteiger partial charge is 0.361 e. The second-order valence-corrected chi connectivity index (χ2v) is 5.93. The maximum Gasteiger partial charge on any atom is 0.224 e. The second-order valence-electron chi connectivity index (χ2n) is 4.94. The van der Waals surface area contributed by atoms with Gasteiger partial charge in [0.25, 0.3) is 0 Å². The summed E-state index contributed by atoms with van der Waals surface area (Å²) < 4.78 is 0. The van der Waals surface area contributed by atoms with Crippen LogP contribution in [0.5, 0.6) is 0 Å². The van der Waals surface area contributed by atoms with E-state index in [2.05, 4.69) is 22.6 Å². The number of carbonyl (C=O) groups excluding carboxylic acids is 1. The fourth-order valence-corrected chi connectivity index (χ4v) is 2.78. The van der Waals surface area contributed by atoms with Crippen molar-refractivity contribution >= 4 is 28.6 Å². The van der Waals surface area contributed by atoms with Gasteiger partial charge in [-0.1, -0.05) is 24.6 Å². The molecule has 0 saturated heterocycles. The molecule has 2 N–H and O–H groups in total. The zero-order valence-electron chi connectivity index (χ0n) is 11.9. The van der Waals surface area contributed by atoms with Gasteiger partial charge in [0.05, 0.1) is 6.42 Å². The van der Waals surface area contributed by atoms with Crippen molar-refractivity contribution in [3.63, 3.8) is 0 Å². The first-order valence-electron chi connectivity index (χ1n) is 7.12. The third-order valence-electron chi connectivity index (χ3n) is 3.37. The Bertz CT molecular complexity index is 550. The number of unbranched alkanes of at least 4 members (excludes halogenated alkanes) is 2. The van der Waals surface area contributed by atoms with Crippen molar-refractivity contribution in [3.05, 3.63) is 36.0 Å². The molecule has 0 spiro atoms. The fraction of sp³-hybridized carbons (Fsp3) is 0.438. The third kappa shape index (κ3) is 4.30. The minimum atomic E-state index is 0.111. The number of hydrogen-bond donors (Lipinski definition) is 2. The van der Waals surface area contributed by atoms with E-state index in [1.165, 1.54) is 18.6 Å². The predicted octanol–water partition coefficient (Wildman–Crippen LogP) is 3.36. The number of thioether (sulfide) groups is 1. The van der Waals surface area contributed by atoms with E-state index < -0.39 is 0 Å². The van der Waals surface area contributed by atoms with Crippen LogP contribution >= 0.6 is 11.8 Å². The summed E-state index contributed by atoms with van der Waals surface area (Å²) in [5, 5.41) is 4.14. The van der Waals surface area contributed by atoms with Gasteiger partial charge in [-0.25, -0.2) is 0 Å². The van der Waals surface area contributed by atoms with Crippen molar-refractivity contribution in [2.75, 3.05) is 18.6 Å². The van der Waals surface area contributed by atoms with Gasteiger partial charge in [-0.3, -0.25) is 4.79 Å². The van der Waals surface area contributed by atoms with Crippen LogP contribution in [0.1, 0.15) is 24.8 Å². The lowest BCUT2D eigenvalue weighted by atomic mass is 10.1. The number of benzene rings is 1. The van der Waals surface area contributed by atoms with Crippen molar-refractivity contribution in [1.29, 1.82) is 0 Å². The first-order chi connectivity index (χ1) is 9.81. The Hall–Kier alpha value is -1.42. The zero-order valence-corrected chi connectivity index (χ0v) is 12.8. The summed E-state index contributed by atoms with van der Waals surface area (Å²) in [6.45, 7) is 0.787. The molecule has 1 heterocycles. The van der Waals surface area contributed by atoms with Crippen LogP contribution in [0.2, 0.25) is 0 Å². The van der Waals surface area contributed by atoms with E-state index in [1.54, 1.807) is 0 Å². The highest BCUT2D eigenvalue weighted by atomic mass is 32.2. The lowest BCUT2D eigenvalue weighted by molar-refractivity contribution is -0.120. The molecule has 0 saturated carbocycles. The highest BCUT2D eigenvalue weighted by Gasteiger charge is 2.07. The van der Waals surface area contributed by atoms with Crippen LogP contribution < -0.4 is 5.32 Å². The number of fused-ring (bicyclic) bond motifs is 1. The van der Waals surface area contributed by atoms with Crippen LogP contribution in [0.25, 0.3) is 10.9 Å². The van der Waals surface area contributed by atoms with Gasteiger partial charge in [0.1, 0.15) is 0 Å². The first kappa shape index (κ1) is 15.0. The first-order valence-corrected chi connectivity index (χ1v) is 8.51. The van der Waals surface area contributed by atoms with Crippen LogP contribution in [-0.4, -0.2) is 29.4 Å². The number of H-pyrrole nitrogens is 1. The molecule has 2 aromatic rings. The Morgan fingerprint density at radius 3 is 2.95 bits per heavy atom. The van der Waals surface area contributed by atoms with Crippen LogP contribution in [-0.2, 0) is 11.2 Å². The van der Waals surface area contributed by atoms with Gasteiger partial charge in [0.2, 0.25) is 5.91 Å². The number of nitrogens with one attached hydrogen (secondary N) is 2. The molecule has 0 bridgehead atoms. The SMILES string of the molecule is CSCCCCCNC(=O)Cc1c[nH]c2ccccc12. The molecule has 3 nitrogen and oxygen atoms in total. The van der Waals surface area contributed by atoms with Crippen molar-refractivity contribution in [1.82, 2.24) is 10.3 Å². The second kappa shape index (κ2) is 8.00. The minimum absolute atomic E-state index is 0.111. The van der Waals surface area contributed by atoms with Crippen LogP contribution in [0.3, 0.4) is 0 Å². The molecule has 1 aromatic heterocycles. The molecule has 4 heteroatoms. The molecule has 0 unspecified atom stereocenters. The van der Waals surface area contributed by atoms with Gasteiger partial charge < -0.3 is 10.3 Å². The maximum atomic E-state index is 11.9. The topological polar surface area (TPSA) is 44.9 Å². The molecule has 0 aliphatic carbocycles. The van der Waals surface area contributed by atoms with Gasteiger partial charge in [-0.2, -0.15) is 11.8 Å².